The zero-order valence-electron chi connectivity index (χ0n) is 13.1. The van der Waals surface area contributed by atoms with Crippen LogP contribution in [0.25, 0.3) is 0 Å². The van der Waals surface area contributed by atoms with Crippen molar-refractivity contribution in [2.24, 2.45) is 0 Å². The summed E-state index contributed by atoms with van der Waals surface area (Å²) >= 11 is 3.58. The van der Waals surface area contributed by atoms with Crippen molar-refractivity contribution < 1.29 is 4.74 Å². The summed E-state index contributed by atoms with van der Waals surface area (Å²) in [4.78, 5) is 0. The van der Waals surface area contributed by atoms with E-state index in [1.165, 1.54) is 16.7 Å². The lowest BCUT2D eigenvalue weighted by Gasteiger charge is -2.13. The van der Waals surface area contributed by atoms with Gasteiger partial charge in [-0.25, -0.2) is 0 Å². The zero-order valence-corrected chi connectivity index (χ0v) is 14.7. The van der Waals surface area contributed by atoms with Crippen LogP contribution in [0.2, 0.25) is 0 Å². The molecule has 0 spiro atoms. The van der Waals surface area contributed by atoms with Gasteiger partial charge in [0.05, 0.1) is 0 Å². The Hall–Kier alpha value is -1.32. The van der Waals surface area contributed by atoms with E-state index in [1.54, 1.807) is 0 Å². The Bertz CT molecular complexity index is 614. The minimum absolute atomic E-state index is 0.885. The van der Waals surface area contributed by atoms with Crippen LogP contribution in [-0.4, -0.2) is 6.54 Å². The second kappa shape index (κ2) is 7.10. The van der Waals surface area contributed by atoms with E-state index in [0.29, 0.717) is 0 Å². The van der Waals surface area contributed by atoms with E-state index in [1.807, 2.05) is 0 Å². The Balaban J connectivity index is 2.20. The molecule has 2 aromatic carbocycles. The van der Waals surface area contributed by atoms with Crippen LogP contribution in [0, 0.1) is 20.8 Å². The fraction of sp³-hybridized carbons (Fsp3) is 0.333. The van der Waals surface area contributed by atoms with Crippen molar-refractivity contribution >= 4 is 15.9 Å². The predicted molar refractivity (Wildman–Crippen MR) is 92.2 cm³/mol. The second-order valence-corrected chi connectivity index (χ2v) is 6.15. The number of benzene rings is 2. The average Bonchev–Trinajstić information content (AvgIpc) is 2.45. The van der Waals surface area contributed by atoms with Gasteiger partial charge in [0.15, 0.2) is 0 Å². The monoisotopic (exact) mass is 347 g/mol. The van der Waals surface area contributed by atoms with Gasteiger partial charge in [-0.1, -0.05) is 35.0 Å². The van der Waals surface area contributed by atoms with Crippen molar-refractivity contribution in [2.75, 3.05) is 6.54 Å². The molecule has 0 bridgehead atoms. The Morgan fingerprint density at radius 3 is 2.24 bits per heavy atom. The Morgan fingerprint density at radius 1 is 1.00 bits per heavy atom. The lowest BCUT2D eigenvalue weighted by atomic mass is 10.1. The number of hydrogen-bond donors (Lipinski definition) is 1. The van der Waals surface area contributed by atoms with E-state index in [2.05, 4.69) is 79.3 Å². The minimum atomic E-state index is 0.885. The number of nitrogens with one attached hydrogen (secondary N) is 1. The van der Waals surface area contributed by atoms with Gasteiger partial charge in [-0.05, 0) is 67.8 Å². The number of aryl methyl sites for hydroxylation is 3. The lowest BCUT2D eigenvalue weighted by molar-refractivity contribution is 0.477. The lowest BCUT2D eigenvalue weighted by Crippen LogP contribution is -2.11. The molecule has 0 fully saturated rings. The fourth-order valence-electron chi connectivity index (χ4n) is 2.30. The molecule has 21 heavy (non-hydrogen) atoms. The van der Waals surface area contributed by atoms with Crippen molar-refractivity contribution in [3.63, 3.8) is 0 Å². The summed E-state index contributed by atoms with van der Waals surface area (Å²) in [5.41, 5.74) is 4.81. The first kappa shape index (κ1) is 16.1. The molecule has 0 aliphatic rings. The molecule has 3 heteroatoms. The zero-order chi connectivity index (χ0) is 15.4. The first-order valence-electron chi connectivity index (χ1n) is 7.26. The molecular formula is C18H22BrNO. The summed E-state index contributed by atoms with van der Waals surface area (Å²) in [5.74, 6) is 1.80. The van der Waals surface area contributed by atoms with E-state index in [9.17, 15) is 0 Å². The molecule has 2 nitrogen and oxygen atoms in total. The van der Waals surface area contributed by atoms with Crippen molar-refractivity contribution in [1.29, 1.82) is 0 Å². The maximum atomic E-state index is 6.04. The van der Waals surface area contributed by atoms with Gasteiger partial charge in [-0.15, -0.1) is 0 Å². The number of ether oxygens (including phenoxy) is 1. The van der Waals surface area contributed by atoms with Crippen LogP contribution in [0.3, 0.4) is 0 Å². The highest BCUT2D eigenvalue weighted by Crippen LogP contribution is 2.31. The molecule has 0 aliphatic carbocycles. The normalized spacial score (nSPS) is 10.7. The summed E-state index contributed by atoms with van der Waals surface area (Å²) in [6, 6.07) is 10.5. The summed E-state index contributed by atoms with van der Waals surface area (Å²) in [7, 11) is 0. The van der Waals surface area contributed by atoms with Crippen LogP contribution >= 0.6 is 15.9 Å². The molecule has 0 radical (unpaired) electrons. The molecular weight excluding hydrogens is 326 g/mol. The molecule has 1 N–H and O–H groups in total. The van der Waals surface area contributed by atoms with Crippen LogP contribution in [0.5, 0.6) is 11.5 Å². The van der Waals surface area contributed by atoms with Gasteiger partial charge < -0.3 is 10.1 Å². The van der Waals surface area contributed by atoms with E-state index < -0.39 is 0 Å². The van der Waals surface area contributed by atoms with Crippen molar-refractivity contribution in [2.45, 2.75) is 34.2 Å². The van der Waals surface area contributed by atoms with Gasteiger partial charge in [-0.3, -0.25) is 0 Å². The average molecular weight is 348 g/mol. The topological polar surface area (TPSA) is 21.3 Å². The molecule has 112 valence electrons. The fourth-order valence-corrected chi connectivity index (χ4v) is 2.53. The summed E-state index contributed by atoms with van der Waals surface area (Å²) in [5, 5.41) is 3.34. The Kier molecular flexibility index (Phi) is 5.43. The first-order valence-corrected chi connectivity index (χ1v) is 8.05. The molecule has 0 saturated carbocycles. The highest BCUT2D eigenvalue weighted by molar-refractivity contribution is 9.10. The molecule has 0 unspecified atom stereocenters. The van der Waals surface area contributed by atoms with Crippen LogP contribution in [-0.2, 0) is 6.54 Å². The van der Waals surface area contributed by atoms with E-state index in [4.69, 9.17) is 4.74 Å². The molecule has 0 amide bonds. The van der Waals surface area contributed by atoms with Crippen LogP contribution in [0.15, 0.2) is 34.8 Å². The first-order chi connectivity index (χ1) is 10.0. The standard InChI is InChI=1S/C18H22BrNO/c1-5-20-11-15-6-7-17(12(2)8-15)21-16-9-13(3)18(19)14(4)10-16/h6-10,20H,5,11H2,1-4H3. The summed E-state index contributed by atoms with van der Waals surface area (Å²) in [6.07, 6.45) is 0. The Labute approximate surface area is 135 Å². The quantitative estimate of drug-likeness (QED) is 0.794. The van der Waals surface area contributed by atoms with Crippen molar-refractivity contribution in [3.8, 4) is 11.5 Å². The molecule has 0 atom stereocenters. The Morgan fingerprint density at radius 2 is 1.67 bits per heavy atom. The van der Waals surface area contributed by atoms with Gasteiger partial charge >= 0.3 is 0 Å². The SMILES string of the molecule is CCNCc1ccc(Oc2cc(C)c(Br)c(C)c2)c(C)c1. The maximum absolute atomic E-state index is 6.04. The molecule has 2 aromatic rings. The largest absolute Gasteiger partial charge is 0.457 e. The van der Waals surface area contributed by atoms with E-state index >= 15 is 0 Å². The minimum Gasteiger partial charge on any atom is -0.457 e. The van der Waals surface area contributed by atoms with Gasteiger partial charge in [0.2, 0.25) is 0 Å². The van der Waals surface area contributed by atoms with E-state index in [-0.39, 0.29) is 0 Å². The number of rotatable bonds is 5. The molecule has 0 heterocycles. The van der Waals surface area contributed by atoms with Crippen molar-refractivity contribution in [3.05, 3.63) is 57.1 Å². The van der Waals surface area contributed by atoms with Crippen LogP contribution in [0.4, 0.5) is 0 Å². The molecule has 2 rings (SSSR count). The summed E-state index contributed by atoms with van der Waals surface area (Å²) < 4.78 is 7.19. The third-order valence-electron chi connectivity index (χ3n) is 3.46. The van der Waals surface area contributed by atoms with Gasteiger partial charge in [-0.2, -0.15) is 0 Å². The highest BCUT2D eigenvalue weighted by Gasteiger charge is 2.06. The van der Waals surface area contributed by atoms with Crippen LogP contribution < -0.4 is 10.1 Å². The molecule has 0 aromatic heterocycles. The second-order valence-electron chi connectivity index (χ2n) is 5.35. The predicted octanol–water partition coefficient (Wildman–Crippen LogP) is 5.28. The summed E-state index contributed by atoms with van der Waals surface area (Å²) in [6.45, 7) is 10.2. The van der Waals surface area contributed by atoms with Crippen LogP contribution in [0.1, 0.15) is 29.2 Å². The highest BCUT2D eigenvalue weighted by atomic mass is 79.9. The van der Waals surface area contributed by atoms with Gasteiger partial charge in [0.1, 0.15) is 11.5 Å². The number of halogens is 1. The molecule has 0 aliphatic heterocycles. The van der Waals surface area contributed by atoms with Crippen molar-refractivity contribution in [1.82, 2.24) is 5.32 Å². The van der Waals surface area contributed by atoms with E-state index in [0.717, 1.165) is 34.6 Å². The van der Waals surface area contributed by atoms with Gasteiger partial charge in [0, 0.05) is 11.0 Å². The third-order valence-corrected chi connectivity index (χ3v) is 4.71. The maximum Gasteiger partial charge on any atom is 0.130 e. The van der Waals surface area contributed by atoms with Gasteiger partial charge in [0.25, 0.3) is 0 Å². The molecule has 0 saturated heterocycles. The smallest absolute Gasteiger partial charge is 0.130 e. The third kappa shape index (κ3) is 4.08. The number of hydrogen-bond acceptors (Lipinski definition) is 2.